The van der Waals surface area contributed by atoms with Gasteiger partial charge in [-0.2, -0.15) is 0 Å². The van der Waals surface area contributed by atoms with Crippen molar-refractivity contribution in [2.45, 2.75) is 25.7 Å². The van der Waals surface area contributed by atoms with Gasteiger partial charge in [0.2, 0.25) is 0 Å². The highest BCUT2D eigenvalue weighted by atomic mass is 32.1. The molecular weight excluding hydrogens is 354 g/mol. The minimum Gasteiger partial charge on any atom is -0.395 e. The lowest BCUT2D eigenvalue weighted by Crippen LogP contribution is -2.10. The fourth-order valence-electron chi connectivity index (χ4n) is 3.06. The van der Waals surface area contributed by atoms with Gasteiger partial charge < -0.3 is 4.42 Å². The zero-order chi connectivity index (χ0) is 18.1. The van der Waals surface area contributed by atoms with Crippen molar-refractivity contribution in [2.75, 3.05) is 5.32 Å². The van der Waals surface area contributed by atoms with E-state index >= 15 is 0 Å². The number of aryl methyl sites for hydroxylation is 2. The molecule has 3 aromatic rings. The average molecular weight is 369 g/mol. The molecule has 0 unspecified atom stereocenters. The molecule has 0 spiro atoms. The third kappa shape index (κ3) is 3.23. The van der Waals surface area contributed by atoms with Crippen LogP contribution in [0.1, 0.15) is 34.5 Å². The molecule has 1 amide bonds. The highest BCUT2D eigenvalue weighted by Crippen LogP contribution is 2.30. The molecule has 132 valence electrons. The monoisotopic (exact) mass is 369 g/mol. The van der Waals surface area contributed by atoms with Crippen LogP contribution in [-0.2, 0) is 12.8 Å². The lowest BCUT2D eigenvalue weighted by molar-refractivity contribution is -0.402. The van der Waals surface area contributed by atoms with E-state index in [0.717, 1.165) is 30.2 Å². The zero-order valence-electron chi connectivity index (χ0n) is 13.7. The number of fused-ring (bicyclic) bond motifs is 1. The number of nitro groups is 1. The standard InChI is InChI=1S/C18H15N3O4S/c22-17(15-7-8-16(25-15)21(23)24)20-18-19-14(10-26-18)13-6-5-11-3-1-2-4-12(11)9-13/h5-10H,1-4H2,(H,19,20,22). The Kier molecular flexibility index (Phi) is 4.26. The molecule has 7 nitrogen and oxygen atoms in total. The van der Waals surface area contributed by atoms with Crippen molar-refractivity contribution >= 4 is 28.3 Å². The van der Waals surface area contributed by atoms with Crippen LogP contribution >= 0.6 is 11.3 Å². The smallest absolute Gasteiger partial charge is 0.395 e. The van der Waals surface area contributed by atoms with E-state index in [0.29, 0.717) is 5.13 Å². The molecule has 2 heterocycles. The Balaban J connectivity index is 1.50. The lowest BCUT2D eigenvalue weighted by atomic mass is 9.90. The van der Waals surface area contributed by atoms with Crippen molar-refractivity contribution in [2.24, 2.45) is 0 Å². The Hall–Kier alpha value is -3.00. The molecule has 1 N–H and O–H groups in total. The van der Waals surface area contributed by atoms with Crippen LogP contribution in [0.5, 0.6) is 0 Å². The van der Waals surface area contributed by atoms with Crippen molar-refractivity contribution in [3.05, 3.63) is 62.7 Å². The van der Waals surface area contributed by atoms with Crippen molar-refractivity contribution in [1.29, 1.82) is 0 Å². The number of carbonyl (C=O) groups is 1. The molecule has 0 atom stereocenters. The van der Waals surface area contributed by atoms with Crippen LogP contribution in [0.4, 0.5) is 11.0 Å². The highest BCUT2D eigenvalue weighted by Gasteiger charge is 2.18. The van der Waals surface area contributed by atoms with Crippen LogP contribution in [0.3, 0.4) is 0 Å². The minimum absolute atomic E-state index is 0.123. The van der Waals surface area contributed by atoms with E-state index in [-0.39, 0.29) is 5.76 Å². The number of thiazole rings is 1. The molecule has 0 saturated carbocycles. The van der Waals surface area contributed by atoms with Crippen molar-refractivity contribution < 1.29 is 14.1 Å². The molecule has 0 bridgehead atoms. The number of carbonyl (C=O) groups excluding carboxylic acids is 1. The van der Waals surface area contributed by atoms with E-state index in [4.69, 9.17) is 4.42 Å². The molecular formula is C18H15N3O4S. The Morgan fingerprint density at radius 1 is 1.19 bits per heavy atom. The predicted octanol–water partition coefficient (Wildman–Crippen LogP) is 4.44. The normalized spacial score (nSPS) is 13.2. The SMILES string of the molecule is O=C(Nc1nc(-c2ccc3c(c2)CCCC3)cs1)c1ccc([N+](=O)[O-])o1. The Bertz CT molecular complexity index is 992. The second-order valence-corrected chi connectivity index (χ2v) is 6.94. The minimum atomic E-state index is -0.686. The fourth-order valence-corrected chi connectivity index (χ4v) is 3.78. The maximum Gasteiger partial charge on any atom is 0.433 e. The maximum absolute atomic E-state index is 12.1. The Morgan fingerprint density at radius 2 is 2.00 bits per heavy atom. The number of aromatic nitrogens is 1. The summed E-state index contributed by atoms with van der Waals surface area (Å²) < 4.78 is 4.90. The van der Waals surface area contributed by atoms with Gasteiger partial charge in [0.05, 0.1) is 11.8 Å². The van der Waals surface area contributed by atoms with Gasteiger partial charge in [-0.25, -0.2) is 4.98 Å². The first kappa shape index (κ1) is 16.5. The van der Waals surface area contributed by atoms with Crippen LogP contribution in [0.15, 0.2) is 40.1 Å². The summed E-state index contributed by atoms with van der Waals surface area (Å²) in [5.74, 6) is -1.16. The molecule has 1 aliphatic carbocycles. The first-order valence-corrected chi connectivity index (χ1v) is 9.11. The molecule has 1 aromatic carbocycles. The van der Waals surface area contributed by atoms with Gasteiger partial charge >= 0.3 is 5.88 Å². The van der Waals surface area contributed by atoms with Crippen LogP contribution in [-0.4, -0.2) is 15.8 Å². The largest absolute Gasteiger partial charge is 0.433 e. The van der Waals surface area contributed by atoms with E-state index in [1.54, 1.807) is 0 Å². The summed E-state index contributed by atoms with van der Waals surface area (Å²) in [6.07, 6.45) is 4.67. The van der Waals surface area contributed by atoms with E-state index in [1.165, 1.54) is 41.4 Å². The number of furan rings is 1. The number of amides is 1. The van der Waals surface area contributed by atoms with Gasteiger partial charge in [-0.1, -0.05) is 12.1 Å². The maximum atomic E-state index is 12.1. The number of anilines is 1. The third-order valence-corrected chi connectivity index (χ3v) is 5.12. The summed E-state index contributed by atoms with van der Waals surface area (Å²) in [6.45, 7) is 0. The summed E-state index contributed by atoms with van der Waals surface area (Å²) in [7, 11) is 0. The van der Waals surface area contributed by atoms with Crippen LogP contribution in [0.2, 0.25) is 0 Å². The topological polar surface area (TPSA) is 98.3 Å². The number of nitrogens with zero attached hydrogens (tertiary/aromatic N) is 2. The molecule has 0 aliphatic heterocycles. The first-order valence-electron chi connectivity index (χ1n) is 8.23. The summed E-state index contributed by atoms with van der Waals surface area (Å²) in [5.41, 5.74) is 4.60. The van der Waals surface area contributed by atoms with E-state index in [9.17, 15) is 14.9 Å². The molecule has 0 saturated heterocycles. The van der Waals surface area contributed by atoms with Crippen LogP contribution in [0.25, 0.3) is 11.3 Å². The van der Waals surface area contributed by atoms with Gasteiger partial charge in [0.25, 0.3) is 5.91 Å². The summed E-state index contributed by atoms with van der Waals surface area (Å²) in [6, 6.07) is 8.80. The van der Waals surface area contributed by atoms with Crippen LogP contribution in [0, 0.1) is 10.1 Å². The number of hydrogen-bond donors (Lipinski definition) is 1. The quantitative estimate of drug-likeness (QED) is 0.541. The second-order valence-electron chi connectivity index (χ2n) is 6.08. The molecule has 2 aromatic heterocycles. The average Bonchev–Trinajstić information content (AvgIpc) is 3.31. The molecule has 4 rings (SSSR count). The van der Waals surface area contributed by atoms with Crippen molar-refractivity contribution in [3.8, 4) is 11.3 Å². The Morgan fingerprint density at radius 3 is 2.77 bits per heavy atom. The second kappa shape index (κ2) is 6.72. The van der Waals surface area contributed by atoms with Gasteiger partial charge in [-0.15, -0.1) is 11.3 Å². The van der Waals surface area contributed by atoms with Gasteiger partial charge in [0.1, 0.15) is 4.92 Å². The number of hydrogen-bond acceptors (Lipinski definition) is 6. The van der Waals surface area contributed by atoms with Gasteiger partial charge in [-0.3, -0.25) is 20.2 Å². The number of nitrogens with one attached hydrogen (secondary N) is 1. The summed E-state index contributed by atoms with van der Waals surface area (Å²) in [4.78, 5) is 26.5. The van der Waals surface area contributed by atoms with Gasteiger partial charge in [0, 0.05) is 10.9 Å². The summed E-state index contributed by atoms with van der Waals surface area (Å²) in [5, 5.41) is 15.5. The molecule has 8 heteroatoms. The lowest BCUT2D eigenvalue weighted by Gasteiger charge is -2.16. The third-order valence-electron chi connectivity index (χ3n) is 4.36. The molecule has 0 radical (unpaired) electrons. The van der Waals surface area contributed by atoms with Gasteiger partial charge in [0.15, 0.2) is 10.9 Å². The first-order chi connectivity index (χ1) is 12.6. The fraction of sp³-hybridized carbons (Fsp3) is 0.222. The van der Waals surface area contributed by atoms with E-state index in [2.05, 4.69) is 28.5 Å². The molecule has 1 aliphatic rings. The summed E-state index contributed by atoms with van der Waals surface area (Å²) >= 11 is 1.30. The van der Waals surface area contributed by atoms with Crippen molar-refractivity contribution in [1.82, 2.24) is 4.98 Å². The van der Waals surface area contributed by atoms with Gasteiger partial charge in [-0.05, 0) is 48.9 Å². The molecule has 0 fully saturated rings. The van der Waals surface area contributed by atoms with Crippen molar-refractivity contribution in [3.63, 3.8) is 0 Å². The molecule has 26 heavy (non-hydrogen) atoms. The van der Waals surface area contributed by atoms with E-state index < -0.39 is 16.7 Å². The Labute approximate surface area is 152 Å². The van der Waals surface area contributed by atoms with E-state index in [1.807, 2.05) is 5.38 Å². The zero-order valence-corrected chi connectivity index (χ0v) is 14.5. The highest BCUT2D eigenvalue weighted by molar-refractivity contribution is 7.14. The number of benzene rings is 1. The number of rotatable bonds is 4. The van der Waals surface area contributed by atoms with Crippen LogP contribution < -0.4 is 5.32 Å². The predicted molar refractivity (Wildman–Crippen MR) is 97.5 cm³/mol.